The van der Waals surface area contributed by atoms with Gasteiger partial charge in [0.15, 0.2) is 5.96 Å². The largest absolute Gasteiger partial charge is 0.496 e. The lowest BCUT2D eigenvalue weighted by Crippen LogP contribution is -2.38. The molecule has 30 heavy (non-hydrogen) atoms. The van der Waals surface area contributed by atoms with Gasteiger partial charge in [0.05, 0.1) is 13.7 Å². The second-order valence-corrected chi connectivity index (χ2v) is 6.55. The van der Waals surface area contributed by atoms with Crippen LogP contribution in [-0.4, -0.2) is 40.7 Å². The molecule has 160 valence electrons. The van der Waals surface area contributed by atoms with E-state index in [1.165, 1.54) is 5.56 Å². The van der Waals surface area contributed by atoms with Crippen molar-refractivity contribution in [1.82, 2.24) is 25.2 Å². The van der Waals surface area contributed by atoms with Crippen LogP contribution in [0.5, 0.6) is 5.75 Å². The molecule has 0 spiro atoms. The number of guanidine groups is 1. The number of rotatable bonds is 8. The molecule has 1 aromatic carbocycles. The van der Waals surface area contributed by atoms with Gasteiger partial charge in [-0.3, -0.25) is 4.57 Å². The van der Waals surface area contributed by atoms with Crippen molar-refractivity contribution >= 4 is 29.9 Å². The fourth-order valence-electron chi connectivity index (χ4n) is 3.01. The Hall–Kier alpha value is -2.62. The highest BCUT2D eigenvalue weighted by Crippen LogP contribution is 2.17. The van der Waals surface area contributed by atoms with Gasteiger partial charge in [0, 0.05) is 31.7 Å². The number of nitrogens with one attached hydrogen (secondary N) is 2. The van der Waals surface area contributed by atoms with Crippen LogP contribution >= 0.6 is 24.0 Å². The lowest BCUT2D eigenvalue weighted by atomic mass is 10.1. The van der Waals surface area contributed by atoms with Crippen LogP contribution in [0.25, 0.3) is 5.82 Å². The Labute approximate surface area is 195 Å². The SMILES string of the molecule is CCNC(=NCc1ccc(-n2ccnc2C)nc1)NCCc1ccccc1OC.I. The van der Waals surface area contributed by atoms with Gasteiger partial charge in [-0.15, -0.1) is 24.0 Å². The molecule has 8 heteroatoms. The van der Waals surface area contributed by atoms with Crippen LogP contribution in [0.4, 0.5) is 0 Å². The van der Waals surface area contributed by atoms with E-state index in [1.807, 2.05) is 54.2 Å². The third-order valence-corrected chi connectivity index (χ3v) is 4.52. The van der Waals surface area contributed by atoms with Crippen molar-refractivity contribution in [2.45, 2.75) is 26.8 Å². The standard InChI is InChI=1S/C22H28N6O.HI/c1-4-23-22(25-12-11-19-7-5-6-8-20(19)29-3)27-16-18-9-10-21(26-15-18)28-14-13-24-17(28)2;/h5-10,13-15H,4,11-12,16H2,1-3H3,(H2,23,25,27);1H. The number of aryl methyl sites for hydroxylation is 1. The molecule has 0 aliphatic rings. The molecule has 0 radical (unpaired) electrons. The minimum atomic E-state index is 0. The minimum Gasteiger partial charge on any atom is -0.496 e. The van der Waals surface area contributed by atoms with Crippen LogP contribution in [0.3, 0.4) is 0 Å². The van der Waals surface area contributed by atoms with Crippen molar-refractivity contribution in [1.29, 1.82) is 0 Å². The van der Waals surface area contributed by atoms with E-state index in [2.05, 4.69) is 38.6 Å². The molecular formula is C22H29IN6O. The summed E-state index contributed by atoms with van der Waals surface area (Å²) in [4.78, 5) is 13.4. The van der Waals surface area contributed by atoms with Crippen LogP contribution in [0.1, 0.15) is 23.9 Å². The van der Waals surface area contributed by atoms with E-state index in [0.29, 0.717) is 6.54 Å². The molecule has 2 heterocycles. The molecule has 0 aliphatic heterocycles. The Balaban J connectivity index is 0.00000320. The maximum atomic E-state index is 5.41. The highest BCUT2D eigenvalue weighted by Gasteiger charge is 2.04. The third-order valence-electron chi connectivity index (χ3n) is 4.52. The summed E-state index contributed by atoms with van der Waals surface area (Å²) in [6, 6.07) is 12.1. The van der Waals surface area contributed by atoms with E-state index in [-0.39, 0.29) is 24.0 Å². The number of imidazole rings is 1. The molecule has 0 atom stereocenters. The van der Waals surface area contributed by atoms with E-state index in [4.69, 9.17) is 4.74 Å². The molecule has 3 aromatic rings. The fraction of sp³-hybridized carbons (Fsp3) is 0.318. The Morgan fingerprint density at radius 2 is 1.97 bits per heavy atom. The van der Waals surface area contributed by atoms with E-state index in [9.17, 15) is 0 Å². The topological polar surface area (TPSA) is 76.4 Å². The highest BCUT2D eigenvalue weighted by molar-refractivity contribution is 14.0. The maximum absolute atomic E-state index is 5.41. The summed E-state index contributed by atoms with van der Waals surface area (Å²) in [5.41, 5.74) is 2.22. The number of halogens is 1. The van der Waals surface area contributed by atoms with Gasteiger partial charge in [0.1, 0.15) is 17.4 Å². The third kappa shape index (κ3) is 6.45. The Morgan fingerprint density at radius 1 is 1.13 bits per heavy atom. The van der Waals surface area contributed by atoms with Gasteiger partial charge >= 0.3 is 0 Å². The van der Waals surface area contributed by atoms with E-state index in [1.54, 1.807) is 13.3 Å². The first-order valence-corrected chi connectivity index (χ1v) is 9.80. The molecule has 0 unspecified atom stereocenters. The summed E-state index contributed by atoms with van der Waals surface area (Å²) < 4.78 is 7.37. The summed E-state index contributed by atoms with van der Waals surface area (Å²) in [5.74, 6) is 3.47. The summed E-state index contributed by atoms with van der Waals surface area (Å²) in [5, 5.41) is 6.67. The number of methoxy groups -OCH3 is 1. The zero-order chi connectivity index (χ0) is 20.5. The Morgan fingerprint density at radius 3 is 2.63 bits per heavy atom. The van der Waals surface area contributed by atoms with Crippen molar-refractivity contribution in [3.8, 4) is 11.6 Å². The van der Waals surface area contributed by atoms with Crippen LogP contribution in [0.2, 0.25) is 0 Å². The molecule has 0 amide bonds. The molecule has 2 N–H and O–H groups in total. The molecule has 2 aromatic heterocycles. The Kier molecular flexibility index (Phi) is 9.59. The lowest BCUT2D eigenvalue weighted by Gasteiger charge is -2.13. The molecule has 0 aliphatic carbocycles. The fourth-order valence-corrected chi connectivity index (χ4v) is 3.01. The predicted molar refractivity (Wildman–Crippen MR) is 131 cm³/mol. The number of hydrogen-bond acceptors (Lipinski definition) is 4. The average Bonchev–Trinajstić information content (AvgIpc) is 3.18. The minimum absolute atomic E-state index is 0. The Bertz CT molecular complexity index is 939. The van der Waals surface area contributed by atoms with E-state index in [0.717, 1.165) is 48.4 Å². The average molecular weight is 520 g/mol. The van der Waals surface area contributed by atoms with Crippen LogP contribution in [0.15, 0.2) is 60.0 Å². The molecule has 0 fully saturated rings. The predicted octanol–water partition coefficient (Wildman–Crippen LogP) is 3.50. The summed E-state index contributed by atoms with van der Waals surface area (Å²) in [7, 11) is 1.70. The summed E-state index contributed by atoms with van der Waals surface area (Å²) in [6.07, 6.45) is 6.39. The second kappa shape index (κ2) is 12.2. The molecule has 7 nitrogen and oxygen atoms in total. The van der Waals surface area contributed by atoms with Gasteiger partial charge in [0.25, 0.3) is 0 Å². The number of aliphatic imine (C=N–C) groups is 1. The van der Waals surface area contributed by atoms with Gasteiger partial charge in [-0.1, -0.05) is 24.3 Å². The van der Waals surface area contributed by atoms with Crippen LogP contribution < -0.4 is 15.4 Å². The molecule has 0 saturated carbocycles. The smallest absolute Gasteiger partial charge is 0.191 e. The number of aromatic nitrogens is 3. The first kappa shape index (κ1) is 23.7. The monoisotopic (exact) mass is 520 g/mol. The van der Waals surface area contributed by atoms with E-state index < -0.39 is 0 Å². The number of benzene rings is 1. The highest BCUT2D eigenvalue weighted by atomic mass is 127. The molecule has 3 rings (SSSR count). The zero-order valence-corrected chi connectivity index (χ0v) is 20.0. The molecule has 0 bridgehead atoms. The van der Waals surface area contributed by atoms with Gasteiger partial charge in [0.2, 0.25) is 0 Å². The van der Waals surface area contributed by atoms with Crippen molar-refractivity contribution < 1.29 is 4.74 Å². The number of hydrogen-bond donors (Lipinski definition) is 2. The lowest BCUT2D eigenvalue weighted by molar-refractivity contribution is 0.409. The normalized spacial score (nSPS) is 11.0. The number of pyridine rings is 1. The van der Waals surface area contributed by atoms with Crippen LogP contribution in [-0.2, 0) is 13.0 Å². The zero-order valence-electron chi connectivity index (χ0n) is 17.6. The van der Waals surface area contributed by atoms with Crippen molar-refractivity contribution in [2.75, 3.05) is 20.2 Å². The number of para-hydroxylation sites is 1. The summed E-state index contributed by atoms with van der Waals surface area (Å²) in [6.45, 7) is 6.14. The molecular weight excluding hydrogens is 491 g/mol. The van der Waals surface area contributed by atoms with Gasteiger partial charge in [-0.25, -0.2) is 15.0 Å². The van der Waals surface area contributed by atoms with E-state index >= 15 is 0 Å². The van der Waals surface area contributed by atoms with Gasteiger partial charge in [-0.2, -0.15) is 0 Å². The first-order chi connectivity index (χ1) is 14.2. The van der Waals surface area contributed by atoms with Crippen LogP contribution in [0, 0.1) is 6.92 Å². The second-order valence-electron chi connectivity index (χ2n) is 6.55. The quantitative estimate of drug-likeness (QED) is 0.270. The number of nitrogens with zero attached hydrogens (tertiary/aromatic N) is 4. The maximum Gasteiger partial charge on any atom is 0.191 e. The van der Waals surface area contributed by atoms with Crippen molar-refractivity contribution in [3.05, 3.63) is 71.9 Å². The number of ether oxygens (including phenoxy) is 1. The molecule has 0 saturated heterocycles. The van der Waals surface area contributed by atoms with Gasteiger partial charge < -0.3 is 15.4 Å². The van der Waals surface area contributed by atoms with Crippen molar-refractivity contribution in [3.63, 3.8) is 0 Å². The van der Waals surface area contributed by atoms with Crippen molar-refractivity contribution in [2.24, 2.45) is 4.99 Å². The summed E-state index contributed by atoms with van der Waals surface area (Å²) >= 11 is 0. The first-order valence-electron chi connectivity index (χ1n) is 9.80. The van der Waals surface area contributed by atoms with Gasteiger partial charge in [-0.05, 0) is 43.5 Å².